The molecule has 0 saturated heterocycles. The van der Waals surface area contributed by atoms with E-state index >= 15 is 0 Å². The third kappa shape index (κ3) is 3.27. The molecule has 0 unspecified atom stereocenters. The summed E-state index contributed by atoms with van der Waals surface area (Å²) < 4.78 is 4.89. The molecule has 0 bridgehead atoms. The van der Waals surface area contributed by atoms with Gasteiger partial charge in [0.2, 0.25) is 5.89 Å². The fourth-order valence-corrected chi connectivity index (χ4v) is 2.63. The highest BCUT2D eigenvalue weighted by Crippen LogP contribution is 2.29. The van der Waals surface area contributed by atoms with E-state index in [0.29, 0.717) is 35.2 Å². The van der Waals surface area contributed by atoms with Crippen LogP contribution in [-0.2, 0) is 6.42 Å². The maximum atomic E-state index is 11.9. The predicted molar refractivity (Wildman–Crippen MR) is 78.0 cm³/mol. The van der Waals surface area contributed by atoms with Crippen molar-refractivity contribution in [1.29, 1.82) is 0 Å². The molecule has 2 rings (SSSR count). The molecule has 108 valence electrons. The molecule has 20 heavy (non-hydrogen) atoms. The molecule has 2 aromatic heterocycles. The third-order valence-electron chi connectivity index (χ3n) is 2.58. The minimum atomic E-state index is -0.0886. The number of nitrogen functional groups attached to an aromatic ring is 1. The summed E-state index contributed by atoms with van der Waals surface area (Å²) in [6, 6.07) is 1.77. The minimum absolute atomic E-state index is 0.0886. The quantitative estimate of drug-likeness (QED) is 0.865. The van der Waals surface area contributed by atoms with Crippen molar-refractivity contribution in [3.63, 3.8) is 0 Å². The van der Waals surface area contributed by atoms with Gasteiger partial charge in [-0.05, 0) is 6.07 Å². The van der Waals surface area contributed by atoms with E-state index in [1.165, 1.54) is 16.2 Å². The van der Waals surface area contributed by atoms with Crippen molar-refractivity contribution in [2.24, 2.45) is 0 Å². The largest absolute Gasteiger partial charge is 0.397 e. The molecule has 7 nitrogen and oxygen atoms in total. The minimum Gasteiger partial charge on any atom is -0.397 e. The normalized spacial score (nSPS) is 10.6. The number of carbonyl (C=O) groups excluding carboxylic acids is 1. The molecule has 0 spiro atoms. The van der Waals surface area contributed by atoms with Crippen molar-refractivity contribution in [3.05, 3.63) is 22.7 Å². The van der Waals surface area contributed by atoms with Crippen molar-refractivity contribution in [1.82, 2.24) is 15.0 Å². The van der Waals surface area contributed by atoms with Crippen LogP contribution in [0.25, 0.3) is 0 Å². The maximum absolute atomic E-state index is 11.9. The van der Waals surface area contributed by atoms with Gasteiger partial charge >= 0.3 is 0 Å². The number of carbonyl (C=O) groups is 1. The number of rotatable bonds is 5. The van der Waals surface area contributed by atoms with Gasteiger partial charge in [-0.3, -0.25) is 4.79 Å². The van der Waals surface area contributed by atoms with Gasteiger partial charge in [0.15, 0.2) is 5.82 Å². The van der Waals surface area contributed by atoms with E-state index in [-0.39, 0.29) is 5.91 Å². The molecule has 2 heterocycles. The first-order chi connectivity index (χ1) is 9.47. The van der Waals surface area contributed by atoms with Gasteiger partial charge in [0.1, 0.15) is 4.88 Å². The first-order valence-corrected chi connectivity index (χ1v) is 6.93. The van der Waals surface area contributed by atoms with Crippen LogP contribution >= 0.6 is 11.3 Å². The number of thiophene rings is 1. The number of aromatic nitrogens is 2. The smallest absolute Gasteiger partial charge is 0.265 e. The summed E-state index contributed by atoms with van der Waals surface area (Å²) in [5, 5.41) is 7.87. The molecule has 3 N–H and O–H groups in total. The molecule has 0 aliphatic heterocycles. The lowest BCUT2D eigenvalue weighted by Gasteiger charge is -2.08. The number of nitrogens with zero attached hydrogens (tertiary/aromatic N) is 3. The van der Waals surface area contributed by atoms with Crippen molar-refractivity contribution in [3.8, 4) is 0 Å². The van der Waals surface area contributed by atoms with Gasteiger partial charge in [-0.15, -0.1) is 11.3 Å². The number of amides is 1. The Hall–Kier alpha value is -2.09. The van der Waals surface area contributed by atoms with Crippen LogP contribution in [0, 0.1) is 6.92 Å². The molecule has 0 radical (unpaired) electrons. The van der Waals surface area contributed by atoms with E-state index in [4.69, 9.17) is 10.3 Å². The van der Waals surface area contributed by atoms with Crippen molar-refractivity contribution in [2.45, 2.75) is 13.3 Å². The molecular weight excluding hydrogens is 278 g/mol. The van der Waals surface area contributed by atoms with E-state index in [1.807, 2.05) is 0 Å². The topological polar surface area (TPSA) is 97.3 Å². The highest BCUT2D eigenvalue weighted by molar-refractivity contribution is 7.18. The van der Waals surface area contributed by atoms with Gasteiger partial charge in [-0.25, -0.2) is 0 Å². The van der Waals surface area contributed by atoms with Gasteiger partial charge < -0.3 is 20.5 Å². The maximum Gasteiger partial charge on any atom is 0.265 e. The summed E-state index contributed by atoms with van der Waals surface area (Å²) in [6.45, 7) is 2.40. The summed E-state index contributed by atoms with van der Waals surface area (Å²) in [5.74, 6) is 1.12. The molecule has 8 heteroatoms. The lowest BCUT2D eigenvalue weighted by Crippen LogP contribution is -2.21. The molecule has 0 aliphatic rings. The molecular formula is C12H17N5O2S. The standard InChI is InChI=1S/C12H17N5O2S/c1-7-15-9(16-19-7)4-5-14-10-6-8(13)11(20-10)12(18)17(2)3/h6,14H,4-5,13H2,1-3H3. The Morgan fingerprint density at radius 3 is 2.90 bits per heavy atom. The second-order valence-electron chi connectivity index (χ2n) is 4.50. The van der Waals surface area contributed by atoms with Crippen LogP contribution < -0.4 is 11.1 Å². The SMILES string of the molecule is Cc1nc(CCNc2cc(N)c(C(=O)N(C)C)s2)no1. The van der Waals surface area contributed by atoms with E-state index in [0.717, 1.165) is 5.00 Å². The summed E-state index contributed by atoms with van der Waals surface area (Å²) in [4.78, 5) is 18.0. The van der Waals surface area contributed by atoms with Crippen LogP contribution in [-0.4, -0.2) is 41.6 Å². The van der Waals surface area contributed by atoms with E-state index in [9.17, 15) is 4.79 Å². The average Bonchev–Trinajstić information content (AvgIpc) is 2.95. The number of nitrogens with one attached hydrogen (secondary N) is 1. The highest BCUT2D eigenvalue weighted by atomic mass is 32.1. The van der Waals surface area contributed by atoms with Crippen LogP contribution in [0.5, 0.6) is 0 Å². The lowest BCUT2D eigenvalue weighted by atomic mass is 10.3. The van der Waals surface area contributed by atoms with Crippen molar-refractivity contribution < 1.29 is 9.32 Å². The second kappa shape index (κ2) is 5.91. The fraction of sp³-hybridized carbons (Fsp3) is 0.417. The predicted octanol–water partition coefficient (Wildman–Crippen LogP) is 1.38. The number of hydrogen-bond acceptors (Lipinski definition) is 7. The Balaban J connectivity index is 1.94. The van der Waals surface area contributed by atoms with Gasteiger partial charge in [0.05, 0.1) is 10.7 Å². The Morgan fingerprint density at radius 1 is 1.55 bits per heavy atom. The summed E-state index contributed by atoms with van der Waals surface area (Å²) >= 11 is 1.34. The zero-order chi connectivity index (χ0) is 14.7. The Bertz CT molecular complexity index is 605. The summed E-state index contributed by atoms with van der Waals surface area (Å²) in [7, 11) is 3.40. The van der Waals surface area contributed by atoms with Crippen LogP contribution in [0.1, 0.15) is 21.4 Å². The van der Waals surface area contributed by atoms with E-state index < -0.39 is 0 Å². The zero-order valence-electron chi connectivity index (χ0n) is 11.6. The van der Waals surface area contributed by atoms with Crippen LogP contribution in [0.4, 0.5) is 10.7 Å². The first-order valence-electron chi connectivity index (χ1n) is 6.11. The molecule has 2 aromatic rings. The first kappa shape index (κ1) is 14.3. The van der Waals surface area contributed by atoms with Gasteiger partial charge in [-0.2, -0.15) is 4.98 Å². The highest BCUT2D eigenvalue weighted by Gasteiger charge is 2.16. The lowest BCUT2D eigenvalue weighted by molar-refractivity contribution is 0.0833. The van der Waals surface area contributed by atoms with Crippen LogP contribution in [0.3, 0.4) is 0 Å². The number of aryl methyl sites for hydroxylation is 1. The third-order valence-corrected chi connectivity index (χ3v) is 3.68. The van der Waals surface area contributed by atoms with Crippen molar-refractivity contribution in [2.75, 3.05) is 31.7 Å². The molecule has 0 aliphatic carbocycles. The van der Waals surface area contributed by atoms with Crippen LogP contribution in [0.15, 0.2) is 10.6 Å². The van der Waals surface area contributed by atoms with Gasteiger partial charge in [-0.1, -0.05) is 5.16 Å². The number of anilines is 2. The molecule has 0 saturated carbocycles. The second-order valence-corrected chi connectivity index (χ2v) is 5.55. The summed E-state index contributed by atoms with van der Waals surface area (Å²) in [5.41, 5.74) is 6.34. The monoisotopic (exact) mass is 295 g/mol. The van der Waals surface area contributed by atoms with Crippen LogP contribution in [0.2, 0.25) is 0 Å². The Kier molecular flexibility index (Phi) is 4.23. The van der Waals surface area contributed by atoms with Gasteiger partial charge in [0.25, 0.3) is 5.91 Å². The number of hydrogen-bond donors (Lipinski definition) is 2. The molecule has 0 atom stereocenters. The average molecular weight is 295 g/mol. The van der Waals surface area contributed by atoms with E-state index in [1.54, 1.807) is 27.1 Å². The number of nitrogens with two attached hydrogens (primary N) is 1. The Labute approximate surface area is 120 Å². The summed E-state index contributed by atoms with van der Waals surface area (Å²) in [6.07, 6.45) is 0.645. The van der Waals surface area contributed by atoms with Crippen molar-refractivity contribution >= 4 is 27.9 Å². The zero-order valence-corrected chi connectivity index (χ0v) is 12.5. The van der Waals surface area contributed by atoms with Gasteiger partial charge in [0, 0.05) is 34.0 Å². The fourth-order valence-electron chi connectivity index (χ4n) is 1.60. The molecule has 0 fully saturated rings. The van der Waals surface area contributed by atoms with E-state index in [2.05, 4.69) is 15.5 Å². The Morgan fingerprint density at radius 2 is 2.30 bits per heavy atom. The molecule has 1 amide bonds. The molecule has 0 aromatic carbocycles.